The van der Waals surface area contributed by atoms with Gasteiger partial charge in [-0.05, 0) is 30.3 Å². The van der Waals surface area contributed by atoms with Crippen LogP contribution < -0.4 is 10.3 Å². The fourth-order valence-electron chi connectivity index (χ4n) is 1.53. The van der Waals surface area contributed by atoms with Gasteiger partial charge < -0.3 is 4.42 Å². The number of benzene rings is 1. The molecular formula is C12H8ClF3N2O4S. The number of rotatable bonds is 4. The van der Waals surface area contributed by atoms with Gasteiger partial charge in [-0.1, -0.05) is 11.6 Å². The van der Waals surface area contributed by atoms with E-state index in [1.54, 1.807) is 4.83 Å². The molecule has 124 valence electrons. The van der Waals surface area contributed by atoms with Crippen LogP contribution in [0.1, 0.15) is 16.1 Å². The van der Waals surface area contributed by atoms with E-state index in [1.165, 1.54) is 18.4 Å². The van der Waals surface area contributed by atoms with Gasteiger partial charge in [0, 0.05) is 0 Å². The number of hydrogen-bond acceptors (Lipinski definition) is 4. The van der Waals surface area contributed by atoms with Gasteiger partial charge >= 0.3 is 12.1 Å². The molecule has 0 saturated carbocycles. The minimum atomic E-state index is -4.82. The third-order valence-electron chi connectivity index (χ3n) is 2.60. The first-order chi connectivity index (χ1) is 10.6. The van der Waals surface area contributed by atoms with Gasteiger partial charge in [-0.2, -0.15) is 13.2 Å². The fourth-order valence-corrected chi connectivity index (χ4v) is 2.62. The van der Waals surface area contributed by atoms with Crippen LogP contribution in [0, 0.1) is 0 Å². The second-order valence-corrected chi connectivity index (χ2v) is 6.27. The molecule has 1 aromatic carbocycles. The van der Waals surface area contributed by atoms with E-state index in [1.807, 2.05) is 5.43 Å². The summed E-state index contributed by atoms with van der Waals surface area (Å²) in [5, 5.41) is -0.643. The molecule has 2 N–H and O–H groups in total. The van der Waals surface area contributed by atoms with Crippen molar-refractivity contribution in [2.24, 2.45) is 0 Å². The molecule has 1 aromatic heterocycles. The average molecular weight is 369 g/mol. The summed E-state index contributed by atoms with van der Waals surface area (Å²) in [6.45, 7) is 0. The molecule has 23 heavy (non-hydrogen) atoms. The SMILES string of the molecule is O=C(NNS(=O)(=O)c1ccc(Cl)c(C(F)(F)F)c1)c1ccco1. The van der Waals surface area contributed by atoms with E-state index < -0.39 is 37.6 Å². The maximum absolute atomic E-state index is 12.7. The maximum Gasteiger partial charge on any atom is 0.417 e. The molecule has 1 heterocycles. The van der Waals surface area contributed by atoms with Crippen LogP contribution in [0.5, 0.6) is 0 Å². The Bertz CT molecular complexity index is 819. The number of carbonyl (C=O) groups excluding carboxylic acids is 1. The van der Waals surface area contributed by atoms with Crippen LogP contribution in [0.2, 0.25) is 5.02 Å². The lowest BCUT2D eigenvalue weighted by Gasteiger charge is -2.12. The Morgan fingerprint density at radius 2 is 1.91 bits per heavy atom. The third kappa shape index (κ3) is 4.03. The van der Waals surface area contributed by atoms with Crippen LogP contribution in [0.25, 0.3) is 0 Å². The minimum absolute atomic E-state index is 0.181. The molecule has 0 unspecified atom stereocenters. The first kappa shape index (κ1) is 17.3. The second kappa shape index (κ2) is 6.22. The van der Waals surface area contributed by atoms with Gasteiger partial charge in [-0.25, -0.2) is 8.42 Å². The Morgan fingerprint density at radius 1 is 1.22 bits per heavy atom. The number of sulfonamides is 1. The normalized spacial score (nSPS) is 12.2. The largest absolute Gasteiger partial charge is 0.459 e. The highest BCUT2D eigenvalue weighted by atomic mass is 35.5. The van der Waals surface area contributed by atoms with Crippen LogP contribution in [-0.2, 0) is 16.2 Å². The zero-order valence-corrected chi connectivity index (χ0v) is 12.6. The Morgan fingerprint density at radius 3 is 2.48 bits per heavy atom. The molecule has 0 fully saturated rings. The lowest BCUT2D eigenvalue weighted by molar-refractivity contribution is -0.137. The summed E-state index contributed by atoms with van der Waals surface area (Å²) in [5.41, 5.74) is 0.506. The van der Waals surface area contributed by atoms with Crippen LogP contribution >= 0.6 is 11.6 Å². The topological polar surface area (TPSA) is 88.4 Å². The van der Waals surface area contributed by atoms with Crippen molar-refractivity contribution in [2.45, 2.75) is 11.1 Å². The van der Waals surface area contributed by atoms with Crippen molar-refractivity contribution in [1.82, 2.24) is 10.3 Å². The maximum atomic E-state index is 12.7. The summed E-state index contributed by atoms with van der Waals surface area (Å²) < 4.78 is 66.8. The molecule has 0 spiro atoms. The summed E-state index contributed by atoms with van der Waals surface area (Å²) in [6.07, 6.45) is -3.63. The van der Waals surface area contributed by atoms with Crippen molar-refractivity contribution in [3.63, 3.8) is 0 Å². The molecule has 2 rings (SSSR count). The Balaban J connectivity index is 2.21. The molecule has 0 saturated heterocycles. The summed E-state index contributed by atoms with van der Waals surface area (Å²) in [4.78, 5) is 12.5. The van der Waals surface area contributed by atoms with Gasteiger partial charge in [0.25, 0.3) is 10.0 Å². The molecule has 1 amide bonds. The van der Waals surface area contributed by atoms with Gasteiger partial charge in [0.15, 0.2) is 5.76 Å². The molecular weight excluding hydrogens is 361 g/mol. The van der Waals surface area contributed by atoms with Crippen molar-refractivity contribution in [1.29, 1.82) is 0 Å². The second-order valence-electron chi connectivity index (χ2n) is 4.18. The predicted octanol–water partition coefficient (Wildman–Crippen LogP) is 2.58. The molecule has 2 aromatic rings. The smallest absolute Gasteiger partial charge is 0.417 e. The summed E-state index contributed by atoms with van der Waals surface area (Å²) in [6, 6.07) is 4.71. The average Bonchev–Trinajstić information content (AvgIpc) is 2.98. The van der Waals surface area contributed by atoms with Gasteiger partial charge in [-0.3, -0.25) is 10.2 Å². The van der Waals surface area contributed by atoms with E-state index in [-0.39, 0.29) is 5.76 Å². The third-order valence-corrected chi connectivity index (χ3v) is 4.17. The van der Waals surface area contributed by atoms with Crippen molar-refractivity contribution in [2.75, 3.05) is 0 Å². The number of carbonyl (C=O) groups is 1. The highest BCUT2D eigenvalue weighted by Gasteiger charge is 2.34. The van der Waals surface area contributed by atoms with Gasteiger partial charge in [0.2, 0.25) is 0 Å². The van der Waals surface area contributed by atoms with E-state index in [9.17, 15) is 26.4 Å². The Hall–Kier alpha value is -2.04. The minimum Gasteiger partial charge on any atom is -0.459 e. The van der Waals surface area contributed by atoms with E-state index in [4.69, 9.17) is 16.0 Å². The van der Waals surface area contributed by atoms with Gasteiger partial charge in [0.05, 0.1) is 21.7 Å². The van der Waals surface area contributed by atoms with Crippen molar-refractivity contribution >= 4 is 27.5 Å². The first-order valence-corrected chi connectivity index (χ1v) is 7.70. The van der Waals surface area contributed by atoms with Crippen molar-refractivity contribution in [3.05, 3.63) is 52.9 Å². The lowest BCUT2D eigenvalue weighted by Crippen LogP contribution is -2.41. The molecule has 11 heteroatoms. The predicted molar refractivity (Wildman–Crippen MR) is 72.9 cm³/mol. The highest BCUT2D eigenvalue weighted by Crippen LogP contribution is 2.35. The number of hydrogen-bond donors (Lipinski definition) is 2. The molecule has 6 nitrogen and oxygen atoms in total. The zero-order valence-electron chi connectivity index (χ0n) is 11.0. The molecule has 0 bridgehead atoms. The van der Waals surface area contributed by atoms with Crippen LogP contribution in [0.4, 0.5) is 13.2 Å². The quantitative estimate of drug-likeness (QED) is 0.812. The van der Waals surface area contributed by atoms with Gasteiger partial charge in [0.1, 0.15) is 0 Å². The van der Waals surface area contributed by atoms with Crippen LogP contribution in [-0.4, -0.2) is 14.3 Å². The molecule has 0 radical (unpaired) electrons. The van der Waals surface area contributed by atoms with Crippen molar-refractivity contribution < 1.29 is 30.8 Å². The van der Waals surface area contributed by atoms with Crippen molar-refractivity contribution in [3.8, 4) is 0 Å². The number of alkyl halides is 3. The first-order valence-electron chi connectivity index (χ1n) is 5.83. The monoisotopic (exact) mass is 368 g/mol. The van der Waals surface area contributed by atoms with E-state index >= 15 is 0 Å². The molecule has 0 aliphatic heterocycles. The summed E-state index contributed by atoms with van der Waals surface area (Å²) >= 11 is 5.41. The zero-order chi connectivity index (χ0) is 17.3. The summed E-state index contributed by atoms with van der Waals surface area (Å²) in [7, 11) is -4.43. The fraction of sp³-hybridized carbons (Fsp3) is 0.0833. The Kier molecular flexibility index (Phi) is 4.68. The number of hydrazine groups is 1. The molecule has 0 aliphatic carbocycles. The number of amides is 1. The number of halogens is 4. The summed E-state index contributed by atoms with van der Waals surface area (Å²) in [5.74, 6) is -1.09. The van der Waals surface area contributed by atoms with Gasteiger partial charge in [-0.15, -0.1) is 4.83 Å². The Labute approximate surface area is 133 Å². The van der Waals surface area contributed by atoms with Crippen LogP contribution in [0.3, 0.4) is 0 Å². The molecule has 0 atom stereocenters. The van der Waals surface area contributed by atoms with Crippen LogP contribution in [0.15, 0.2) is 45.9 Å². The number of nitrogens with one attached hydrogen (secondary N) is 2. The lowest BCUT2D eigenvalue weighted by atomic mass is 10.2. The standard InChI is InChI=1S/C12H8ClF3N2O4S/c13-9-4-3-7(6-8(9)12(14,15)16)23(20,21)18-17-11(19)10-2-1-5-22-10/h1-6,18H,(H,17,19). The van der Waals surface area contributed by atoms with E-state index in [0.717, 1.165) is 12.1 Å². The van der Waals surface area contributed by atoms with E-state index in [0.29, 0.717) is 6.07 Å². The molecule has 0 aliphatic rings. The van der Waals surface area contributed by atoms with E-state index in [2.05, 4.69) is 0 Å². The highest BCUT2D eigenvalue weighted by molar-refractivity contribution is 7.89. The number of furan rings is 1.